The number of nitrogens with zero attached hydrogens (tertiary/aromatic N) is 2. The lowest BCUT2D eigenvalue weighted by atomic mass is 10.0. The smallest absolute Gasteiger partial charge is 0.187 e. The topological polar surface area (TPSA) is 17.2 Å². The van der Waals surface area contributed by atoms with Gasteiger partial charge in [0.2, 0.25) is 0 Å². The summed E-state index contributed by atoms with van der Waals surface area (Å²) in [6.07, 6.45) is 1.81. The molecule has 2 aromatic carbocycles. The van der Waals surface area contributed by atoms with Crippen LogP contribution >= 0.6 is 0 Å². The van der Waals surface area contributed by atoms with Gasteiger partial charge in [-0.1, -0.05) is 48.5 Å². The second-order valence-electron chi connectivity index (χ2n) is 4.46. The highest BCUT2D eigenvalue weighted by atomic mass is 14.7. The molecule has 1 heterocycles. The molecule has 0 unspecified atom stereocenters. The minimum absolute atomic E-state index is 0.653. The maximum atomic E-state index is 7.09. The van der Waals surface area contributed by atoms with Gasteiger partial charge in [-0.3, -0.25) is 4.98 Å². The van der Waals surface area contributed by atoms with Gasteiger partial charge in [0.15, 0.2) is 5.69 Å². The third-order valence-corrected chi connectivity index (χ3v) is 3.14. The standard InChI is InChI=1S/C18H12N2/c1-19-17-9-5-8-15(12-17)16-10-11-20-18(13-16)14-6-3-2-4-7-14/h2-13H. The second-order valence-corrected chi connectivity index (χ2v) is 4.46. The van der Waals surface area contributed by atoms with Crippen LogP contribution in [0.5, 0.6) is 0 Å². The van der Waals surface area contributed by atoms with Crippen LogP contribution in [0.15, 0.2) is 72.9 Å². The molecule has 0 aliphatic heterocycles. The molecule has 3 rings (SSSR count). The molecular weight excluding hydrogens is 244 g/mol. The van der Waals surface area contributed by atoms with Crippen LogP contribution in [0.25, 0.3) is 27.2 Å². The first-order valence-electron chi connectivity index (χ1n) is 6.36. The van der Waals surface area contributed by atoms with E-state index in [9.17, 15) is 0 Å². The number of aromatic nitrogens is 1. The van der Waals surface area contributed by atoms with Gasteiger partial charge in [-0.05, 0) is 29.3 Å². The highest BCUT2D eigenvalue weighted by molar-refractivity contribution is 5.72. The quantitative estimate of drug-likeness (QED) is 0.592. The summed E-state index contributed by atoms with van der Waals surface area (Å²) in [4.78, 5) is 7.89. The fourth-order valence-electron chi connectivity index (χ4n) is 2.13. The number of pyridine rings is 1. The molecule has 0 amide bonds. The molecule has 0 N–H and O–H groups in total. The van der Waals surface area contributed by atoms with Crippen LogP contribution < -0.4 is 0 Å². The Balaban J connectivity index is 2.06. The van der Waals surface area contributed by atoms with Crippen LogP contribution in [0.3, 0.4) is 0 Å². The minimum Gasteiger partial charge on any atom is -0.256 e. The van der Waals surface area contributed by atoms with Crippen molar-refractivity contribution < 1.29 is 0 Å². The third-order valence-electron chi connectivity index (χ3n) is 3.14. The Hall–Kier alpha value is -2.92. The fraction of sp³-hybridized carbons (Fsp3) is 0. The largest absolute Gasteiger partial charge is 0.256 e. The van der Waals surface area contributed by atoms with Gasteiger partial charge in [-0.2, -0.15) is 0 Å². The van der Waals surface area contributed by atoms with Gasteiger partial charge in [-0.25, -0.2) is 4.85 Å². The highest BCUT2D eigenvalue weighted by Crippen LogP contribution is 2.27. The van der Waals surface area contributed by atoms with Gasteiger partial charge in [-0.15, -0.1) is 0 Å². The van der Waals surface area contributed by atoms with Crippen LogP contribution in [-0.2, 0) is 0 Å². The first-order valence-corrected chi connectivity index (χ1v) is 6.36. The summed E-state index contributed by atoms with van der Waals surface area (Å²) >= 11 is 0. The van der Waals surface area contributed by atoms with Crippen molar-refractivity contribution in [3.8, 4) is 22.4 Å². The van der Waals surface area contributed by atoms with Crippen LogP contribution in [0.1, 0.15) is 0 Å². The summed E-state index contributed by atoms with van der Waals surface area (Å²) < 4.78 is 0. The van der Waals surface area contributed by atoms with Crippen molar-refractivity contribution in [2.45, 2.75) is 0 Å². The summed E-state index contributed by atoms with van der Waals surface area (Å²) in [6.45, 7) is 7.09. The molecule has 2 nitrogen and oxygen atoms in total. The van der Waals surface area contributed by atoms with Gasteiger partial charge in [0.25, 0.3) is 0 Å². The zero-order valence-corrected chi connectivity index (χ0v) is 10.8. The molecule has 2 heteroatoms. The van der Waals surface area contributed by atoms with Crippen molar-refractivity contribution in [2.75, 3.05) is 0 Å². The van der Waals surface area contributed by atoms with Gasteiger partial charge in [0, 0.05) is 11.8 Å². The van der Waals surface area contributed by atoms with Crippen molar-refractivity contribution in [3.63, 3.8) is 0 Å². The number of benzene rings is 2. The Morgan fingerprint density at radius 3 is 2.30 bits per heavy atom. The molecule has 0 saturated heterocycles. The van der Waals surface area contributed by atoms with E-state index in [0.717, 1.165) is 22.4 Å². The van der Waals surface area contributed by atoms with E-state index in [2.05, 4.69) is 15.9 Å². The van der Waals surface area contributed by atoms with E-state index < -0.39 is 0 Å². The van der Waals surface area contributed by atoms with Gasteiger partial charge in [0.05, 0.1) is 12.3 Å². The Kier molecular flexibility index (Phi) is 3.26. The summed E-state index contributed by atoms with van der Waals surface area (Å²) in [5, 5.41) is 0. The average Bonchev–Trinajstić information content (AvgIpc) is 2.56. The molecule has 94 valence electrons. The van der Waals surface area contributed by atoms with Crippen molar-refractivity contribution in [1.82, 2.24) is 4.98 Å². The van der Waals surface area contributed by atoms with Crippen LogP contribution in [-0.4, -0.2) is 4.98 Å². The predicted molar refractivity (Wildman–Crippen MR) is 81.4 cm³/mol. The summed E-state index contributed by atoms with van der Waals surface area (Å²) in [7, 11) is 0. The molecule has 20 heavy (non-hydrogen) atoms. The highest BCUT2D eigenvalue weighted by Gasteiger charge is 2.03. The number of hydrogen-bond acceptors (Lipinski definition) is 1. The van der Waals surface area contributed by atoms with Crippen molar-refractivity contribution >= 4 is 5.69 Å². The normalized spacial score (nSPS) is 9.95. The van der Waals surface area contributed by atoms with Gasteiger partial charge in [0.1, 0.15) is 0 Å². The summed E-state index contributed by atoms with van der Waals surface area (Å²) in [6, 6.07) is 21.7. The molecule has 0 aliphatic rings. The van der Waals surface area contributed by atoms with E-state index >= 15 is 0 Å². The van der Waals surface area contributed by atoms with Crippen LogP contribution in [0, 0.1) is 6.57 Å². The van der Waals surface area contributed by atoms with Crippen molar-refractivity contribution in [1.29, 1.82) is 0 Å². The van der Waals surface area contributed by atoms with E-state index in [4.69, 9.17) is 6.57 Å². The predicted octanol–water partition coefficient (Wildman–Crippen LogP) is 4.97. The third kappa shape index (κ3) is 2.43. The molecule has 0 radical (unpaired) electrons. The molecule has 0 bridgehead atoms. The molecule has 0 aliphatic carbocycles. The first-order chi connectivity index (χ1) is 9.86. The van der Waals surface area contributed by atoms with Crippen LogP contribution in [0.4, 0.5) is 5.69 Å². The lowest BCUT2D eigenvalue weighted by Crippen LogP contribution is -1.85. The maximum Gasteiger partial charge on any atom is 0.187 e. The SMILES string of the molecule is [C-]#[N+]c1cccc(-c2ccnc(-c3ccccc3)c2)c1. The summed E-state index contributed by atoms with van der Waals surface area (Å²) in [5.74, 6) is 0. The van der Waals surface area contributed by atoms with Gasteiger partial charge >= 0.3 is 0 Å². The molecule has 1 aromatic heterocycles. The second kappa shape index (κ2) is 5.38. The molecule has 0 saturated carbocycles. The van der Waals surface area contributed by atoms with E-state index in [-0.39, 0.29) is 0 Å². The Morgan fingerprint density at radius 2 is 1.50 bits per heavy atom. The lowest BCUT2D eigenvalue weighted by molar-refractivity contribution is 1.33. The van der Waals surface area contributed by atoms with Crippen LogP contribution in [0.2, 0.25) is 0 Å². The Bertz CT molecular complexity index is 771. The summed E-state index contributed by atoms with van der Waals surface area (Å²) in [5.41, 5.74) is 4.80. The van der Waals surface area contributed by atoms with Crippen molar-refractivity contribution in [3.05, 3.63) is 84.3 Å². The lowest BCUT2D eigenvalue weighted by Gasteiger charge is -2.05. The van der Waals surface area contributed by atoms with E-state index in [1.54, 1.807) is 0 Å². The molecule has 0 fully saturated rings. The molecule has 3 aromatic rings. The van der Waals surface area contributed by atoms with Gasteiger partial charge < -0.3 is 0 Å². The molecular formula is C18H12N2. The first kappa shape index (κ1) is 12.1. The van der Waals surface area contributed by atoms with Crippen molar-refractivity contribution in [2.24, 2.45) is 0 Å². The Labute approximate surface area is 118 Å². The van der Waals surface area contributed by atoms with E-state index in [1.807, 2.05) is 66.9 Å². The number of rotatable bonds is 2. The monoisotopic (exact) mass is 256 g/mol. The fourth-order valence-corrected chi connectivity index (χ4v) is 2.13. The zero-order chi connectivity index (χ0) is 13.8. The van der Waals surface area contributed by atoms with E-state index in [0.29, 0.717) is 5.69 Å². The average molecular weight is 256 g/mol. The molecule has 0 atom stereocenters. The minimum atomic E-state index is 0.653. The Morgan fingerprint density at radius 1 is 0.750 bits per heavy atom. The molecule has 0 spiro atoms. The van der Waals surface area contributed by atoms with E-state index in [1.165, 1.54) is 0 Å². The zero-order valence-electron chi connectivity index (χ0n) is 10.8. The maximum absolute atomic E-state index is 7.09. The number of hydrogen-bond donors (Lipinski definition) is 0.